The number of carbonyl (C=O) groups is 2. The van der Waals surface area contributed by atoms with Crippen LogP contribution in [0.15, 0.2) is 18.2 Å². The molecule has 0 radical (unpaired) electrons. The summed E-state index contributed by atoms with van der Waals surface area (Å²) in [4.78, 5) is 25.4. The summed E-state index contributed by atoms with van der Waals surface area (Å²) in [5.41, 5.74) is 5.73. The summed E-state index contributed by atoms with van der Waals surface area (Å²) in [7, 11) is 1.50. The monoisotopic (exact) mass is 296 g/mol. The summed E-state index contributed by atoms with van der Waals surface area (Å²) in [6.07, 6.45) is 1.49. The van der Waals surface area contributed by atoms with Gasteiger partial charge < -0.3 is 15.4 Å². The molecule has 1 aliphatic heterocycles. The number of benzene rings is 1. The van der Waals surface area contributed by atoms with Gasteiger partial charge in [-0.1, -0.05) is 11.6 Å². The van der Waals surface area contributed by atoms with Crippen LogP contribution >= 0.6 is 11.6 Å². The summed E-state index contributed by atoms with van der Waals surface area (Å²) in [5, 5.41) is 0.470. The largest absolute Gasteiger partial charge is 0.496 e. The van der Waals surface area contributed by atoms with Crippen LogP contribution in [-0.2, 0) is 4.79 Å². The van der Waals surface area contributed by atoms with E-state index in [9.17, 15) is 9.59 Å². The second kappa shape index (κ2) is 6.13. The number of hydrogen-bond donors (Lipinski definition) is 1. The Hall–Kier alpha value is -1.75. The molecule has 0 spiro atoms. The van der Waals surface area contributed by atoms with Crippen molar-refractivity contribution in [3.05, 3.63) is 28.8 Å². The zero-order chi connectivity index (χ0) is 14.7. The summed E-state index contributed by atoms with van der Waals surface area (Å²) in [5.74, 6) is -0.352. The average Bonchev–Trinajstić information content (AvgIpc) is 2.46. The third kappa shape index (κ3) is 3.04. The van der Waals surface area contributed by atoms with Gasteiger partial charge in [0.25, 0.3) is 5.91 Å². The van der Waals surface area contributed by atoms with Gasteiger partial charge >= 0.3 is 0 Å². The van der Waals surface area contributed by atoms with Crippen molar-refractivity contribution in [2.75, 3.05) is 20.2 Å². The van der Waals surface area contributed by atoms with E-state index in [1.54, 1.807) is 23.1 Å². The molecule has 5 nitrogen and oxygen atoms in total. The second-order valence-corrected chi connectivity index (χ2v) is 5.27. The third-order valence-electron chi connectivity index (χ3n) is 3.50. The van der Waals surface area contributed by atoms with E-state index in [1.165, 1.54) is 7.11 Å². The zero-order valence-corrected chi connectivity index (χ0v) is 12.0. The molecule has 1 fully saturated rings. The number of likely N-dealkylation sites (tertiary alicyclic amines) is 1. The Bertz CT molecular complexity index is 533. The quantitative estimate of drug-likeness (QED) is 0.922. The number of rotatable bonds is 3. The first-order valence-electron chi connectivity index (χ1n) is 6.45. The van der Waals surface area contributed by atoms with Crippen LogP contribution in [0.2, 0.25) is 5.02 Å². The minimum atomic E-state index is -0.361. The minimum Gasteiger partial charge on any atom is -0.496 e. The lowest BCUT2D eigenvalue weighted by Gasteiger charge is -2.31. The number of amides is 2. The maximum atomic E-state index is 12.5. The van der Waals surface area contributed by atoms with Crippen LogP contribution in [-0.4, -0.2) is 36.9 Å². The van der Waals surface area contributed by atoms with Gasteiger partial charge in [-0.3, -0.25) is 9.59 Å². The van der Waals surface area contributed by atoms with E-state index in [0.717, 1.165) is 12.8 Å². The zero-order valence-electron chi connectivity index (χ0n) is 11.3. The molecule has 108 valence electrons. The molecule has 2 amide bonds. The van der Waals surface area contributed by atoms with E-state index < -0.39 is 0 Å². The number of primary amides is 1. The molecule has 0 aliphatic carbocycles. The SMILES string of the molecule is COc1ccc(Cl)cc1C(=O)N1CCC[C@@H](C(N)=O)C1. The van der Waals surface area contributed by atoms with Gasteiger partial charge in [0.1, 0.15) is 5.75 Å². The average molecular weight is 297 g/mol. The van der Waals surface area contributed by atoms with Crippen molar-refractivity contribution in [3.63, 3.8) is 0 Å². The van der Waals surface area contributed by atoms with Gasteiger partial charge in [-0.05, 0) is 31.0 Å². The molecule has 1 aromatic carbocycles. The Balaban J connectivity index is 2.22. The second-order valence-electron chi connectivity index (χ2n) is 4.84. The highest BCUT2D eigenvalue weighted by molar-refractivity contribution is 6.31. The maximum absolute atomic E-state index is 12.5. The minimum absolute atomic E-state index is 0.185. The Morgan fingerprint density at radius 1 is 1.45 bits per heavy atom. The van der Waals surface area contributed by atoms with Gasteiger partial charge in [0.2, 0.25) is 5.91 Å². The van der Waals surface area contributed by atoms with E-state index in [2.05, 4.69) is 0 Å². The Labute approximate surface area is 122 Å². The number of piperidine rings is 1. The van der Waals surface area contributed by atoms with E-state index in [-0.39, 0.29) is 17.7 Å². The van der Waals surface area contributed by atoms with Gasteiger partial charge in [-0.15, -0.1) is 0 Å². The fraction of sp³-hybridized carbons (Fsp3) is 0.429. The highest BCUT2D eigenvalue weighted by Gasteiger charge is 2.28. The van der Waals surface area contributed by atoms with Crippen molar-refractivity contribution in [1.29, 1.82) is 0 Å². The van der Waals surface area contributed by atoms with Crippen molar-refractivity contribution in [2.45, 2.75) is 12.8 Å². The van der Waals surface area contributed by atoms with Crippen LogP contribution in [0.1, 0.15) is 23.2 Å². The Morgan fingerprint density at radius 2 is 2.20 bits per heavy atom. The molecule has 1 heterocycles. The predicted molar refractivity (Wildman–Crippen MR) is 75.8 cm³/mol. The molecule has 20 heavy (non-hydrogen) atoms. The molecule has 1 saturated heterocycles. The topological polar surface area (TPSA) is 72.6 Å². The summed E-state index contributed by atoms with van der Waals surface area (Å²) < 4.78 is 5.19. The fourth-order valence-electron chi connectivity index (χ4n) is 2.41. The normalized spacial score (nSPS) is 18.7. The van der Waals surface area contributed by atoms with Crippen molar-refractivity contribution in [3.8, 4) is 5.75 Å². The van der Waals surface area contributed by atoms with Gasteiger partial charge in [0.05, 0.1) is 18.6 Å². The summed E-state index contributed by atoms with van der Waals surface area (Å²) >= 11 is 5.94. The molecule has 1 aliphatic rings. The third-order valence-corrected chi connectivity index (χ3v) is 3.74. The molecule has 2 rings (SSSR count). The first-order chi connectivity index (χ1) is 9.52. The molecule has 0 saturated carbocycles. The van der Waals surface area contributed by atoms with Crippen LogP contribution in [0.5, 0.6) is 5.75 Å². The van der Waals surface area contributed by atoms with Crippen LogP contribution in [0.4, 0.5) is 0 Å². The smallest absolute Gasteiger partial charge is 0.257 e. The number of ether oxygens (including phenoxy) is 1. The summed E-state index contributed by atoms with van der Waals surface area (Å²) in [6.45, 7) is 0.960. The highest BCUT2D eigenvalue weighted by Crippen LogP contribution is 2.26. The van der Waals surface area contributed by atoms with Crippen molar-refractivity contribution < 1.29 is 14.3 Å². The molecule has 2 N–H and O–H groups in total. The van der Waals surface area contributed by atoms with Crippen LogP contribution in [0.25, 0.3) is 0 Å². The molecule has 6 heteroatoms. The number of nitrogens with zero attached hydrogens (tertiary/aromatic N) is 1. The van der Waals surface area contributed by atoms with Crippen molar-refractivity contribution in [2.24, 2.45) is 11.7 Å². The van der Waals surface area contributed by atoms with E-state index in [4.69, 9.17) is 22.1 Å². The predicted octanol–water partition coefficient (Wildman–Crippen LogP) is 1.69. The van der Waals surface area contributed by atoms with E-state index in [1.807, 2.05) is 0 Å². The van der Waals surface area contributed by atoms with Crippen LogP contribution in [0.3, 0.4) is 0 Å². The van der Waals surface area contributed by atoms with Crippen molar-refractivity contribution >= 4 is 23.4 Å². The molecule has 1 atom stereocenters. The lowest BCUT2D eigenvalue weighted by Crippen LogP contribution is -2.44. The first kappa shape index (κ1) is 14.7. The number of hydrogen-bond acceptors (Lipinski definition) is 3. The number of halogens is 1. The standard InChI is InChI=1S/C14H17ClN2O3/c1-20-12-5-4-10(15)7-11(12)14(19)17-6-2-3-9(8-17)13(16)18/h4-5,7,9H,2-3,6,8H2,1H3,(H2,16,18)/t9-/m1/s1. The van der Waals surface area contributed by atoms with Gasteiger partial charge in [0, 0.05) is 18.1 Å². The summed E-state index contributed by atoms with van der Waals surface area (Å²) in [6, 6.07) is 4.90. The lowest BCUT2D eigenvalue weighted by molar-refractivity contribution is -0.123. The fourth-order valence-corrected chi connectivity index (χ4v) is 2.58. The molecule has 0 unspecified atom stereocenters. The highest BCUT2D eigenvalue weighted by atomic mass is 35.5. The maximum Gasteiger partial charge on any atom is 0.257 e. The molecule has 0 bridgehead atoms. The molecular weight excluding hydrogens is 280 g/mol. The first-order valence-corrected chi connectivity index (χ1v) is 6.83. The Morgan fingerprint density at radius 3 is 2.85 bits per heavy atom. The van der Waals surface area contributed by atoms with Crippen LogP contribution in [0, 0.1) is 5.92 Å². The molecule has 0 aromatic heterocycles. The Kier molecular flexibility index (Phi) is 4.49. The van der Waals surface area contributed by atoms with E-state index in [0.29, 0.717) is 29.4 Å². The number of methoxy groups -OCH3 is 1. The number of carbonyl (C=O) groups excluding carboxylic acids is 2. The van der Waals surface area contributed by atoms with Gasteiger partial charge in [-0.25, -0.2) is 0 Å². The molecule has 1 aromatic rings. The van der Waals surface area contributed by atoms with Crippen LogP contribution < -0.4 is 10.5 Å². The number of nitrogens with two attached hydrogens (primary N) is 1. The molecular formula is C14H17ClN2O3. The lowest BCUT2D eigenvalue weighted by atomic mass is 9.97. The van der Waals surface area contributed by atoms with Crippen molar-refractivity contribution in [1.82, 2.24) is 4.90 Å². The van der Waals surface area contributed by atoms with E-state index >= 15 is 0 Å². The van der Waals surface area contributed by atoms with Gasteiger partial charge in [0.15, 0.2) is 0 Å². The van der Waals surface area contributed by atoms with Gasteiger partial charge in [-0.2, -0.15) is 0 Å².